The van der Waals surface area contributed by atoms with Gasteiger partial charge in [0.15, 0.2) is 0 Å². The van der Waals surface area contributed by atoms with Crippen molar-refractivity contribution in [1.82, 2.24) is 15.2 Å². The average molecular weight is 489 g/mol. The highest BCUT2D eigenvalue weighted by molar-refractivity contribution is 7.99. The first-order chi connectivity index (χ1) is 17.2. The van der Waals surface area contributed by atoms with E-state index in [0.29, 0.717) is 23.7 Å². The van der Waals surface area contributed by atoms with E-state index in [1.807, 2.05) is 78.5 Å². The zero-order valence-electron chi connectivity index (χ0n) is 18.9. The summed E-state index contributed by atoms with van der Waals surface area (Å²) in [5.74, 6) is 3.13. The normalized spacial score (nSPS) is 13.3. The molecule has 0 atom stereocenters. The van der Waals surface area contributed by atoms with Crippen LogP contribution in [0.5, 0.6) is 5.75 Å². The third-order valence-electron chi connectivity index (χ3n) is 5.29. The average Bonchev–Trinajstić information content (AvgIpc) is 3.38. The number of ether oxygens (including phenoxy) is 1. The number of pyridine rings is 1. The zero-order chi connectivity index (χ0) is 23.9. The summed E-state index contributed by atoms with van der Waals surface area (Å²) in [4.78, 5) is 19.2. The van der Waals surface area contributed by atoms with Crippen molar-refractivity contribution in [2.45, 2.75) is 6.61 Å². The lowest BCUT2D eigenvalue weighted by molar-refractivity contribution is 0.0991. The highest BCUT2D eigenvalue weighted by atomic mass is 32.2. The van der Waals surface area contributed by atoms with Gasteiger partial charge in [-0.25, -0.2) is 4.98 Å². The number of nitrogens with zero attached hydrogens (tertiary/aromatic N) is 4. The molecule has 1 fully saturated rings. The summed E-state index contributed by atoms with van der Waals surface area (Å²) in [7, 11) is 0. The van der Waals surface area contributed by atoms with Crippen LogP contribution >= 0.6 is 11.8 Å². The van der Waals surface area contributed by atoms with Crippen molar-refractivity contribution in [2.75, 3.05) is 40.1 Å². The Morgan fingerprint density at radius 2 is 1.86 bits per heavy atom. The summed E-state index contributed by atoms with van der Waals surface area (Å²) in [6.07, 6.45) is 1.63. The molecule has 2 aromatic heterocycles. The van der Waals surface area contributed by atoms with Crippen molar-refractivity contribution in [1.29, 1.82) is 0 Å². The van der Waals surface area contributed by atoms with E-state index < -0.39 is 5.91 Å². The van der Waals surface area contributed by atoms with E-state index in [0.717, 1.165) is 36.0 Å². The van der Waals surface area contributed by atoms with Crippen LogP contribution in [-0.2, 0) is 6.61 Å². The second-order valence-corrected chi connectivity index (χ2v) is 9.02. The first-order valence-electron chi connectivity index (χ1n) is 11.2. The highest BCUT2D eigenvalue weighted by Crippen LogP contribution is 2.23. The summed E-state index contributed by atoms with van der Waals surface area (Å²) in [5.41, 5.74) is 2.33. The SMILES string of the molecule is O=C(Nc1ccc(N2CCSCC2)nc1)c1nnc(Nc2cccc(OCc3ccccc3)c2)o1. The molecule has 2 aromatic carbocycles. The second-order valence-electron chi connectivity index (χ2n) is 7.80. The van der Waals surface area contributed by atoms with Gasteiger partial charge in [0.05, 0.1) is 11.9 Å². The predicted octanol–water partition coefficient (Wildman–Crippen LogP) is 4.59. The molecule has 178 valence electrons. The van der Waals surface area contributed by atoms with E-state index >= 15 is 0 Å². The molecular formula is C25H24N6O3S. The zero-order valence-corrected chi connectivity index (χ0v) is 19.7. The molecule has 35 heavy (non-hydrogen) atoms. The van der Waals surface area contributed by atoms with Gasteiger partial charge in [-0.2, -0.15) is 11.8 Å². The Morgan fingerprint density at radius 3 is 2.66 bits per heavy atom. The van der Waals surface area contributed by atoms with Crippen LogP contribution in [0.4, 0.5) is 23.2 Å². The number of hydrogen-bond donors (Lipinski definition) is 2. The van der Waals surface area contributed by atoms with Crippen molar-refractivity contribution in [3.8, 4) is 5.75 Å². The largest absolute Gasteiger partial charge is 0.489 e. The number of nitrogens with one attached hydrogen (secondary N) is 2. The summed E-state index contributed by atoms with van der Waals surface area (Å²) in [6, 6.07) is 21.1. The Labute approximate surface area is 206 Å². The van der Waals surface area contributed by atoms with Crippen LogP contribution in [0.3, 0.4) is 0 Å². The van der Waals surface area contributed by atoms with Crippen LogP contribution in [0.1, 0.15) is 16.2 Å². The Bertz CT molecular complexity index is 1260. The lowest BCUT2D eigenvalue weighted by atomic mass is 10.2. The number of rotatable bonds is 8. The first-order valence-corrected chi connectivity index (χ1v) is 12.4. The minimum absolute atomic E-state index is 0.104. The van der Waals surface area contributed by atoms with Crippen molar-refractivity contribution in [3.63, 3.8) is 0 Å². The van der Waals surface area contributed by atoms with Gasteiger partial charge >= 0.3 is 17.8 Å². The van der Waals surface area contributed by atoms with Gasteiger partial charge < -0.3 is 24.7 Å². The van der Waals surface area contributed by atoms with Crippen molar-refractivity contribution in [3.05, 3.63) is 84.4 Å². The van der Waals surface area contributed by atoms with Crippen LogP contribution < -0.4 is 20.3 Å². The predicted molar refractivity (Wildman–Crippen MR) is 137 cm³/mol. The van der Waals surface area contributed by atoms with E-state index in [1.165, 1.54) is 0 Å². The minimum Gasteiger partial charge on any atom is -0.489 e. The maximum absolute atomic E-state index is 12.5. The lowest BCUT2D eigenvalue weighted by Gasteiger charge is -2.27. The molecule has 0 saturated carbocycles. The molecular weight excluding hydrogens is 464 g/mol. The molecule has 0 bridgehead atoms. The molecule has 4 aromatic rings. The second kappa shape index (κ2) is 10.9. The van der Waals surface area contributed by atoms with Crippen LogP contribution in [0.25, 0.3) is 0 Å². The molecule has 5 rings (SSSR count). The monoisotopic (exact) mass is 488 g/mol. The number of amides is 1. The van der Waals surface area contributed by atoms with E-state index in [2.05, 4.69) is 30.7 Å². The number of carbonyl (C=O) groups is 1. The van der Waals surface area contributed by atoms with Crippen LogP contribution in [-0.4, -0.2) is 45.7 Å². The molecule has 1 aliphatic heterocycles. The smallest absolute Gasteiger partial charge is 0.320 e. The summed E-state index contributed by atoms with van der Waals surface area (Å²) in [6.45, 7) is 2.41. The molecule has 0 unspecified atom stereocenters. The Hall–Kier alpha value is -4.05. The maximum Gasteiger partial charge on any atom is 0.320 e. The molecule has 10 heteroatoms. The van der Waals surface area contributed by atoms with Crippen LogP contribution in [0, 0.1) is 0 Å². The molecule has 1 aliphatic rings. The lowest BCUT2D eigenvalue weighted by Crippen LogP contribution is -2.33. The molecule has 2 N–H and O–H groups in total. The number of carbonyl (C=O) groups excluding carboxylic acids is 1. The number of aromatic nitrogens is 3. The van der Waals surface area contributed by atoms with Gasteiger partial charge in [-0.1, -0.05) is 41.5 Å². The fourth-order valence-corrected chi connectivity index (χ4v) is 4.42. The third kappa shape index (κ3) is 6.10. The van der Waals surface area contributed by atoms with Gasteiger partial charge in [0.1, 0.15) is 18.2 Å². The van der Waals surface area contributed by atoms with Crippen molar-refractivity contribution >= 4 is 40.9 Å². The van der Waals surface area contributed by atoms with Crippen LogP contribution in [0.15, 0.2) is 77.3 Å². The van der Waals surface area contributed by atoms with Gasteiger partial charge in [0.2, 0.25) is 0 Å². The number of thioether (sulfide) groups is 1. The minimum atomic E-state index is -0.505. The Morgan fingerprint density at radius 1 is 1.00 bits per heavy atom. The molecule has 0 radical (unpaired) electrons. The van der Waals surface area contributed by atoms with Gasteiger partial charge in [0.25, 0.3) is 0 Å². The fraction of sp³-hybridized carbons (Fsp3) is 0.200. The number of benzene rings is 2. The maximum atomic E-state index is 12.5. The van der Waals surface area contributed by atoms with Crippen LogP contribution in [0.2, 0.25) is 0 Å². The number of hydrogen-bond acceptors (Lipinski definition) is 9. The molecule has 9 nitrogen and oxygen atoms in total. The Kier molecular flexibility index (Phi) is 7.09. The van der Waals surface area contributed by atoms with Crippen molar-refractivity contribution < 1.29 is 13.9 Å². The fourth-order valence-electron chi connectivity index (χ4n) is 3.52. The summed E-state index contributed by atoms with van der Waals surface area (Å²) in [5, 5.41) is 13.5. The third-order valence-corrected chi connectivity index (χ3v) is 6.24. The van der Waals surface area contributed by atoms with Gasteiger partial charge in [-0.3, -0.25) is 4.79 Å². The number of anilines is 4. The molecule has 1 amide bonds. The van der Waals surface area contributed by atoms with Gasteiger partial charge in [-0.15, -0.1) is 5.10 Å². The molecule has 0 spiro atoms. The topological polar surface area (TPSA) is 105 Å². The summed E-state index contributed by atoms with van der Waals surface area (Å²) >= 11 is 1.95. The quantitative estimate of drug-likeness (QED) is 0.368. The Balaban J connectivity index is 1.16. The van der Waals surface area contributed by atoms with Gasteiger partial charge in [0, 0.05) is 36.3 Å². The summed E-state index contributed by atoms with van der Waals surface area (Å²) < 4.78 is 11.3. The van der Waals surface area contributed by atoms with Gasteiger partial charge in [-0.05, 0) is 29.8 Å². The molecule has 3 heterocycles. The first kappa shape index (κ1) is 22.7. The standard InChI is InChI=1S/C25H24N6O3S/c32-23(27-20-9-10-22(26-16-20)31-11-13-35-14-12-31)24-29-30-25(34-24)28-19-7-4-8-21(15-19)33-17-18-5-2-1-3-6-18/h1-10,15-16H,11-14,17H2,(H,27,32)(H,28,30). The van der Waals surface area contributed by atoms with E-state index in [-0.39, 0.29) is 11.9 Å². The van der Waals surface area contributed by atoms with E-state index in [9.17, 15) is 4.79 Å². The molecule has 0 aliphatic carbocycles. The highest BCUT2D eigenvalue weighted by Gasteiger charge is 2.17. The molecule has 1 saturated heterocycles. The van der Waals surface area contributed by atoms with E-state index in [4.69, 9.17) is 9.15 Å². The van der Waals surface area contributed by atoms with E-state index in [1.54, 1.807) is 6.20 Å². The van der Waals surface area contributed by atoms with Crippen molar-refractivity contribution in [2.24, 2.45) is 0 Å².